The van der Waals surface area contributed by atoms with Crippen LogP contribution in [0.25, 0.3) is 0 Å². The van der Waals surface area contributed by atoms with Crippen molar-refractivity contribution in [3.63, 3.8) is 0 Å². The molecule has 0 aromatic heterocycles. The van der Waals surface area contributed by atoms with Gasteiger partial charge in [-0.3, -0.25) is 9.00 Å². The highest BCUT2D eigenvalue weighted by atomic mass is 32.2. The number of nitrogens with one attached hydrogen (secondary N) is 1. The predicted molar refractivity (Wildman–Crippen MR) is 55.5 cm³/mol. The van der Waals surface area contributed by atoms with Crippen LogP contribution in [-0.2, 0) is 20.3 Å². The Morgan fingerprint density at radius 2 is 2.07 bits per heavy atom. The van der Waals surface area contributed by atoms with Crippen LogP contribution in [0.3, 0.4) is 0 Å². The van der Waals surface area contributed by atoms with E-state index < -0.39 is 15.5 Å². The number of hydrogen-bond donors (Lipinski definition) is 1. The fourth-order valence-electron chi connectivity index (χ4n) is 1.70. The van der Waals surface area contributed by atoms with Crippen LogP contribution in [0.15, 0.2) is 0 Å². The van der Waals surface area contributed by atoms with Gasteiger partial charge in [0.1, 0.15) is 4.75 Å². The van der Waals surface area contributed by atoms with Gasteiger partial charge in [-0.15, -0.1) is 0 Å². The molecule has 14 heavy (non-hydrogen) atoms. The highest BCUT2D eigenvalue weighted by molar-refractivity contribution is 7.86. The molecule has 1 heterocycles. The molecule has 1 atom stereocenters. The SMILES string of the molecule is CCOC(=O)C1([S@@](C)=O)CCNCC1. The summed E-state index contributed by atoms with van der Waals surface area (Å²) in [6.45, 7) is 3.59. The maximum atomic E-state index is 11.7. The van der Waals surface area contributed by atoms with Crippen molar-refractivity contribution >= 4 is 16.8 Å². The zero-order valence-electron chi connectivity index (χ0n) is 8.67. The third-order valence-corrected chi connectivity index (χ3v) is 4.28. The van der Waals surface area contributed by atoms with Gasteiger partial charge in [-0.25, -0.2) is 0 Å². The van der Waals surface area contributed by atoms with Crippen molar-refractivity contribution in [3.05, 3.63) is 0 Å². The molecule has 0 saturated carbocycles. The van der Waals surface area contributed by atoms with Crippen LogP contribution in [-0.4, -0.2) is 40.9 Å². The van der Waals surface area contributed by atoms with Gasteiger partial charge in [0.15, 0.2) is 0 Å². The molecule has 4 nitrogen and oxygen atoms in total. The molecule has 82 valence electrons. The third-order valence-electron chi connectivity index (χ3n) is 2.61. The Labute approximate surface area is 86.9 Å². The van der Waals surface area contributed by atoms with E-state index in [2.05, 4.69) is 5.32 Å². The van der Waals surface area contributed by atoms with E-state index in [1.807, 2.05) is 0 Å². The molecule has 0 aliphatic carbocycles. The van der Waals surface area contributed by atoms with Crippen LogP contribution in [0.2, 0.25) is 0 Å². The lowest BCUT2D eigenvalue weighted by atomic mass is 9.97. The second kappa shape index (κ2) is 4.89. The van der Waals surface area contributed by atoms with Crippen LogP contribution in [0.4, 0.5) is 0 Å². The highest BCUT2D eigenvalue weighted by Gasteiger charge is 2.44. The molecule has 1 rings (SSSR count). The first kappa shape index (κ1) is 11.7. The monoisotopic (exact) mass is 219 g/mol. The molecule has 5 heteroatoms. The third kappa shape index (κ3) is 2.15. The molecule has 1 aliphatic heterocycles. The average molecular weight is 219 g/mol. The molecule has 0 amide bonds. The number of esters is 1. The summed E-state index contributed by atoms with van der Waals surface area (Å²) in [5.41, 5.74) is 0. The van der Waals surface area contributed by atoms with Crippen LogP contribution < -0.4 is 5.32 Å². The molecular formula is C9H17NO3S. The summed E-state index contributed by atoms with van der Waals surface area (Å²) in [4.78, 5) is 11.7. The van der Waals surface area contributed by atoms with E-state index in [0.717, 1.165) is 13.1 Å². The minimum absolute atomic E-state index is 0.303. The Kier molecular flexibility index (Phi) is 4.07. The van der Waals surface area contributed by atoms with E-state index in [9.17, 15) is 9.00 Å². The van der Waals surface area contributed by atoms with Gasteiger partial charge in [0.2, 0.25) is 0 Å². The van der Waals surface area contributed by atoms with Crippen molar-refractivity contribution in [2.75, 3.05) is 26.0 Å². The van der Waals surface area contributed by atoms with Crippen molar-refractivity contribution in [3.8, 4) is 0 Å². The van der Waals surface area contributed by atoms with E-state index in [-0.39, 0.29) is 5.97 Å². The molecule has 1 aliphatic rings. The minimum Gasteiger partial charge on any atom is -0.465 e. The lowest BCUT2D eigenvalue weighted by Crippen LogP contribution is -2.51. The Hall–Kier alpha value is -0.420. The van der Waals surface area contributed by atoms with Crippen molar-refractivity contribution in [2.24, 2.45) is 0 Å². The van der Waals surface area contributed by atoms with Crippen molar-refractivity contribution < 1.29 is 13.7 Å². The van der Waals surface area contributed by atoms with Gasteiger partial charge in [0.25, 0.3) is 0 Å². The zero-order chi connectivity index (χ0) is 10.6. The number of rotatable bonds is 3. The van der Waals surface area contributed by atoms with Gasteiger partial charge in [0, 0.05) is 17.1 Å². The Balaban J connectivity index is 2.80. The summed E-state index contributed by atoms with van der Waals surface area (Å²) < 4.78 is 15.8. The molecule has 0 spiro atoms. The smallest absolute Gasteiger partial charge is 0.324 e. The number of piperidine rings is 1. The maximum Gasteiger partial charge on any atom is 0.324 e. The summed E-state index contributed by atoms with van der Waals surface area (Å²) in [6, 6.07) is 0. The first-order chi connectivity index (χ1) is 6.63. The Morgan fingerprint density at radius 3 is 2.50 bits per heavy atom. The largest absolute Gasteiger partial charge is 0.465 e. The Morgan fingerprint density at radius 1 is 1.50 bits per heavy atom. The fourth-order valence-corrected chi connectivity index (χ4v) is 2.77. The number of carbonyl (C=O) groups excluding carboxylic acids is 1. The summed E-state index contributed by atoms with van der Waals surface area (Å²) in [5.74, 6) is -0.303. The molecule has 0 radical (unpaired) electrons. The standard InChI is InChI=1S/C9H17NO3S/c1-3-13-8(11)9(14(2)12)4-6-10-7-5-9/h10H,3-7H2,1-2H3/t14-/m1/s1. The van der Waals surface area contributed by atoms with E-state index in [0.29, 0.717) is 19.4 Å². The summed E-state index contributed by atoms with van der Waals surface area (Å²) in [6.07, 6.45) is 2.80. The first-order valence-electron chi connectivity index (χ1n) is 4.85. The quantitative estimate of drug-likeness (QED) is 0.681. The van der Waals surface area contributed by atoms with E-state index >= 15 is 0 Å². The second-order valence-electron chi connectivity index (χ2n) is 3.42. The van der Waals surface area contributed by atoms with Gasteiger partial charge < -0.3 is 10.1 Å². The Bertz CT molecular complexity index is 236. The lowest BCUT2D eigenvalue weighted by molar-refractivity contribution is -0.146. The van der Waals surface area contributed by atoms with Crippen LogP contribution in [0.1, 0.15) is 19.8 Å². The highest BCUT2D eigenvalue weighted by Crippen LogP contribution is 2.26. The topological polar surface area (TPSA) is 55.4 Å². The molecule has 0 aromatic carbocycles. The molecular weight excluding hydrogens is 202 g/mol. The van der Waals surface area contributed by atoms with Crippen LogP contribution in [0, 0.1) is 0 Å². The maximum absolute atomic E-state index is 11.7. The van der Waals surface area contributed by atoms with Gasteiger partial charge >= 0.3 is 5.97 Å². The molecule has 1 fully saturated rings. The van der Waals surface area contributed by atoms with Gasteiger partial charge in [0.05, 0.1) is 6.61 Å². The van der Waals surface area contributed by atoms with Crippen LogP contribution >= 0.6 is 0 Å². The van der Waals surface area contributed by atoms with Gasteiger partial charge in [-0.2, -0.15) is 0 Å². The molecule has 1 N–H and O–H groups in total. The van der Waals surface area contributed by atoms with Crippen LogP contribution in [0.5, 0.6) is 0 Å². The van der Waals surface area contributed by atoms with E-state index in [4.69, 9.17) is 4.74 Å². The summed E-state index contributed by atoms with van der Waals surface area (Å²) in [5, 5.41) is 3.15. The van der Waals surface area contributed by atoms with Crippen molar-refractivity contribution in [1.29, 1.82) is 0 Å². The molecule has 0 aromatic rings. The first-order valence-corrected chi connectivity index (χ1v) is 6.41. The van der Waals surface area contributed by atoms with Gasteiger partial charge in [-0.05, 0) is 32.9 Å². The van der Waals surface area contributed by atoms with Crippen molar-refractivity contribution in [2.45, 2.75) is 24.5 Å². The minimum atomic E-state index is -1.16. The van der Waals surface area contributed by atoms with E-state index in [1.165, 1.54) is 0 Å². The lowest BCUT2D eigenvalue weighted by Gasteiger charge is -2.32. The predicted octanol–water partition coefficient (Wildman–Crippen LogP) is 0.0502. The summed E-state index contributed by atoms with van der Waals surface area (Å²) >= 11 is 0. The number of carbonyl (C=O) groups is 1. The molecule has 0 bridgehead atoms. The second-order valence-corrected chi connectivity index (χ2v) is 5.11. The number of hydrogen-bond acceptors (Lipinski definition) is 4. The normalized spacial score (nSPS) is 22.7. The van der Waals surface area contributed by atoms with Crippen molar-refractivity contribution in [1.82, 2.24) is 5.32 Å². The summed E-state index contributed by atoms with van der Waals surface area (Å²) in [7, 11) is -1.16. The zero-order valence-corrected chi connectivity index (χ0v) is 9.49. The van der Waals surface area contributed by atoms with Gasteiger partial charge in [-0.1, -0.05) is 0 Å². The average Bonchev–Trinajstić information content (AvgIpc) is 2.19. The number of ether oxygens (including phenoxy) is 1. The fraction of sp³-hybridized carbons (Fsp3) is 0.889. The molecule has 1 saturated heterocycles. The van der Waals surface area contributed by atoms with E-state index in [1.54, 1.807) is 13.2 Å². The molecule has 0 unspecified atom stereocenters.